The van der Waals surface area contributed by atoms with Gasteiger partial charge in [-0.3, -0.25) is 0 Å². The second-order valence-electron chi connectivity index (χ2n) is 4.14. The molecule has 0 saturated heterocycles. The Labute approximate surface area is 106 Å². The number of halogens is 1. The molecule has 0 amide bonds. The number of hydrogen-bond acceptors (Lipinski definition) is 3. The van der Waals surface area contributed by atoms with E-state index in [-0.39, 0.29) is 4.75 Å². The molecule has 84 valence electrons. The second kappa shape index (κ2) is 4.99. The van der Waals surface area contributed by atoms with Gasteiger partial charge >= 0.3 is 0 Å². The fraction of sp³-hybridized carbons (Fsp3) is 0.500. The summed E-state index contributed by atoms with van der Waals surface area (Å²) in [6.45, 7) is 7.65. The predicted octanol–water partition coefficient (Wildman–Crippen LogP) is 3.78. The zero-order valence-corrected chi connectivity index (χ0v) is 12.4. The third-order valence-electron chi connectivity index (χ3n) is 1.67. The quantitative estimate of drug-likeness (QED) is 0.605. The van der Waals surface area contributed by atoms with Crippen molar-refractivity contribution in [2.24, 2.45) is 4.40 Å². The van der Waals surface area contributed by atoms with Gasteiger partial charge in [0.15, 0.2) is 0 Å². The first-order valence-electron chi connectivity index (χ1n) is 4.53. The van der Waals surface area contributed by atoms with Crippen molar-refractivity contribution in [3.05, 3.63) is 20.8 Å². The van der Waals surface area contributed by atoms with Crippen molar-refractivity contribution < 1.29 is 4.55 Å². The van der Waals surface area contributed by atoms with E-state index in [1.54, 1.807) is 11.3 Å². The van der Waals surface area contributed by atoms with Crippen LogP contribution >= 0.6 is 27.3 Å². The van der Waals surface area contributed by atoms with E-state index in [2.05, 4.69) is 20.3 Å². The Morgan fingerprint density at radius 2 is 2.07 bits per heavy atom. The molecule has 1 unspecified atom stereocenters. The van der Waals surface area contributed by atoms with E-state index in [0.29, 0.717) is 0 Å². The molecule has 1 rings (SSSR count). The van der Waals surface area contributed by atoms with Crippen molar-refractivity contribution in [3.63, 3.8) is 0 Å². The molecule has 1 atom stereocenters. The van der Waals surface area contributed by atoms with Gasteiger partial charge in [-0.1, -0.05) is 4.40 Å². The molecule has 0 bridgehead atoms. The van der Waals surface area contributed by atoms with Crippen LogP contribution in [0.25, 0.3) is 0 Å². The first-order valence-corrected chi connectivity index (χ1v) is 7.25. The smallest absolute Gasteiger partial charge is 0.144 e. The standard InChI is InChI=1S/C10H14BrNOS2/c1-7(8-5-6-9(11)14-8)12-15(13)10(2,3)4/h5-6H,1-4H3. The number of nitrogens with zero attached hydrogens (tertiary/aromatic N) is 1. The second-order valence-corrected chi connectivity index (χ2v) is 8.51. The molecule has 15 heavy (non-hydrogen) atoms. The van der Waals surface area contributed by atoms with Gasteiger partial charge in [-0.05, 0) is 55.8 Å². The van der Waals surface area contributed by atoms with Gasteiger partial charge in [0.25, 0.3) is 0 Å². The highest BCUT2D eigenvalue weighted by Crippen LogP contribution is 2.24. The van der Waals surface area contributed by atoms with Crippen molar-refractivity contribution in [3.8, 4) is 0 Å². The van der Waals surface area contributed by atoms with Crippen LogP contribution in [0.15, 0.2) is 20.3 Å². The molecule has 0 aliphatic carbocycles. The largest absolute Gasteiger partial charge is 0.591 e. The Hall–Kier alpha value is 0.160. The van der Waals surface area contributed by atoms with Crippen LogP contribution in [0.1, 0.15) is 32.6 Å². The van der Waals surface area contributed by atoms with E-state index in [1.165, 1.54) is 0 Å². The number of thiophene rings is 1. The molecule has 0 radical (unpaired) electrons. The predicted molar refractivity (Wildman–Crippen MR) is 72.1 cm³/mol. The summed E-state index contributed by atoms with van der Waals surface area (Å²) in [7, 11) is 0. The van der Waals surface area contributed by atoms with Gasteiger partial charge < -0.3 is 4.55 Å². The lowest BCUT2D eigenvalue weighted by Crippen LogP contribution is -2.26. The van der Waals surface area contributed by atoms with Crippen molar-refractivity contribution in [2.75, 3.05) is 0 Å². The average molecular weight is 308 g/mol. The maximum Gasteiger partial charge on any atom is 0.144 e. The van der Waals surface area contributed by atoms with E-state index >= 15 is 0 Å². The number of hydrogen-bond donors (Lipinski definition) is 0. The van der Waals surface area contributed by atoms with E-state index in [1.807, 2.05) is 39.8 Å². The lowest BCUT2D eigenvalue weighted by atomic mass is 10.3. The fourth-order valence-electron chi connectivity index (χ4n) is 0.815. The molecule has 0 fully saturated rings. The van der Waals surface area contributed by atoms with E-state index in [9.17, 15) is 4.55 Å². The van der Waals surface area contributed by atoms with Crippen molar-refractivity contribution in [2.45, 2.75) is 32.4 Å². The third-order valence-corrected chi connectivity index (χ3v) is 4.89. The highest BCUT2D eigenvalue weighted by molar-refractivity contribution is 9.11. The lowest BCUT2D eigenvalue weighted by Gasteiger charge is -2.18. The maximum absolute atomic E-state index is 11.8. The molecule has 1 aromatic heterocycles. The summed E-state index contributed by atoms with van der Waals surface area (Å²) < 4.78 is 16.7. The van der Waals surface area contributed by atoms with E-state index < -0.39 is 11.4 Å². The average Bonchev–Trinajstić information content (AvgIpc) is 2.50. The van der Waals surface area contributed by atoms with Crippen LogP contribution in [0.3, 0.4) is 0 Å². The zero-order chi connectivity index (χ0) is 11.6. The van der Waals surface area contributed by atoms with Crippen molar-refractivity contribution in [1.82, 2.24) is 0 Å². The molecular formula is C10H14BrNOS2. The monoisotopic (exact) mass is 307 g/mol. The Balaban J connectivity index is 2.85. The summed E-state index contributed by atoms with van der Waals surface area (Å²) in [5.41, 5.74) is 0.832. The molecule has 0 aliphatic heterocycles. The van der Waals surface area contributed by atoms with Crippen LogP contribution in [-0.4, -0.2) is 15.0 Å². The van der Waals surface area contributed by atoms with E-state index in [4.69, 9.17) is 0 Å². The molecule has 1 heterocycles. The Bertz CT molecular complexity index is 368. The van der Waals surface area contributed by atoms with Crippen LogP contribution in [0.2, 0.25) is 0 Å². The molecule has 5 heteroatoms. The minimum atomic E-state index is -1.18. The van der Waals surface area contributed by atoms with Gasteiger partial charge in [0.1, 0.15) is 21.8 Å². The van der Waals surface area contributed by atoms with Gasteiger partial charge in [0.05, 0.1) is 8.66 Å². The Morgan fingerprint density at radius 1 is 1.47 bits per heavy atom. The minimum Gasteiger partial charge on any atom is -0.591 e. The highest BCUT2D eigenvalue weighted by Gasteiger charge is 2.26. The SMILES string of the molecule is CC(=N[S+]([O-])C(C)(C)C)c1ccc(Br)s1. The van der Waals surface area contributed by atoms with Crippen molar-refractivity contribution in [1.29, 1.82) is 0 Å². The molecule has 0 aliphatic rings. The van der Waals surface area contributed by atoms with Crippen LogP contribution in [0.5, 0.6) is 0 Å². The molecular weight excluding hydrogens is 294 g/mol. The first kappa shape index (κ1) is 13.2. The molecule has 0 aromatic carbocycles. The minimum absolute atomic E-state index is 0.296. The van der Waals surface area contributed by atoms with Gasteiger partial charge in [-0.25, -0.2) is 0 Å². The van der Waals surface area contributed by atoms with Gasteiger partial charge in [0, 0.05) is 0 Å². The van der Waals surface area contributed by atoms with Gasteiger partial charge in [-0.15, -0.1) is 11.3 Å². The normalized spacial score (nSPS) is 15.5. The van der Waals surface area contributed by atoms with Crippen LogP contribution in [-0.2, 0) is 11.4 Å². The zero-order valence-electron chi connectivity index (χ0n) is 9.20. The molecule has 2 nitrogen and oxygen atoms in total. The molecule has 1 aromatic rings. The molecule has 0 spiro atoms. The summed E-state index contributed by atoms with van der Waals surface area (Å²) in [4.78, 5) is 1.06. The summed E-state index contributed by atoms with van der Waals surface area (Å²) in [6, 6.07) is 3.95. The summed E-state index contributed by atoms with van der Waals surface area (Å²) >= 11 is 3.81. The number of rotatable bonds is 2. The van der Waals surface area contributed by atoms with Crippen LogP contribution in [0, 0.1) is 0 Å². The lowest BCUT2D eigenvalue weighted by molar-refractivity contribution is 0.561. The van der Waals surface area contributed by atoms with E-state index in [0.717, 1.165) is 14.4 Å². The summed E-state index contributed by atoms with van der Waals surface area (Å²) in [5, 5.41) is 0. The third kappa shape index (κ3) is 3.90. The summed E-state index contributed by atoms with van der Waals surface area (Å²) in [6.07, 6.45) is 0. The fourth-order valence-corrected chi connectivity index (χ4v) is 2.82. The van der Waals surface area contributed by atoms with Gasteiger partial charge in [0.2, 0.25) is 0 Å². The van der Waals surface area contributed by atoms with Crippen LogP contribution < -0.4 is 0 Å². The Kier molecular flexibility index (Phi) is 4.40. The molecule has 0 N–H and O–H groups in total. The topological polar surface area (TPSA) is 35.4 Å². The van der Waals surface area contributed by atoms with Gasteiger partial charge in [-0.2, -0.15) is 0 Å². The summed E-state index contributed by atoms with van der Waals surface area (Å²) in [5.74, 6) is 0. The first-order chi connectivity index (χ1) is 6.80. The van der Waals surface area contributed by atoms with Crippen molar-refractivity contribution >= 4 is 44.3 Å². The highest BCUT2D eigenvalue weighted by atomic mass is 79.9. The Morgan fingerprint density at radius 3 is 2.47 bits per heavy atom. The maximum atomic E-state index is 11.8. The molecule has 0 saturated carbocycles. The van der Waals surface area contributed by atoms with Crippen LogP contribution in [0.4, 0.5) is 0 Å².